The minimum Gasteiger partial charge on any atom is -0.314 e. The smallest absolute Gasteiger partial charge is 0.242 e. The maximum absolute atomic E-state index is 13.0. The number of rotatable bonds is 8. The van der Waals surface area contributed by atoms with Crippen molar-refractivity contribution in [2.75, 3.05) is 40.3 Å². The molecule has 1 aromatic heterocycles. The lowest BCUT2D eigenvalue weighted by atomic mass is 9.94. The molecule has 0 amide bonds. The van der Waals surface area contributed by atoms with Crippen LogP contribution in [0.25, 0.3) is 22.0 Å². The highest BCUT2D eigenvalue weighted by Crippen LogP contribution is 2.33. The van der Waals surface area contributed by atoms with Crippen molar-refractivity contribution in [3.8, 4) is 11.3 Å². The Bertz CT molecular complexity index is 1450. The second-order valence-electron chi connectivity index (χ2n) is 9.35. The van der Waals surface area contributed by atoms with Crippen LogP contribution in [-0.4, -0.2) is 67.9 Å². The molecule has 4 aromatic rings. The Morgan fingerprint density at radius 3 is 2.42 bits per heavy atom. The fourth-order valence-electron chi connectivity index (χ4n) is 4.86. The highest BCUT2D eigenvalue weighted by molar-refractivity contribution is 7.89. The minimum absolute atomic E-state index is 0.304. The molecule has 0 unspecified atom stereocenters. The largest absolute Gasteiger partial charge is 0.314 e. The van der Waals surface area contributed by atoms with Gasteiger partial charge in [-0.05, 0) is 55.1 Å². The first-order chi connectivity index (χ1) is 17.4. The molecule has 1 aliphatic heterocycles. The first kappa shape index (κ1) is 24.5. The molecule has 0 radical (unpaired) electrons. The van der Waals surface area contributed by atoms with Gasteiger partial charge in [0.1, 0.15) is 0 Å². The molecule has 2 heterocycles. The van der Waals surface area contributed by atoms with E-state index in [-0.39, 0.29) is 0 Å². The summed E-state index contributed by atoms with van der Waals surface area (Å²) in [7, 11) is 0.118. The third-order valence-corrected chi connectivity index (χ3v) is 9.05. The lowest BCUT2D eigenvalue weighted by Crippen LogP contribution is -2.49. The second kappa shape index (κ2) is 10.1. The molecule has 36 heavy (non-hydrogen) atoms. The Balaban J connectivity index is 1.39. The molecule has 5 rings (SSSR count). The summed E-state index contributed by atoms with van der Waals surface area (Å²) >= 11 is 0. The monoisotopic (exact) mass is 501 g/mol. The summed E-state index contributed by atoms with van der Waals surface area (Å²) in [6.07, 6.45) is 2.67. The predicted octanol–water partition coefficient (Wildman–Crippen LogP) is 3.74. The van der Waals surface area contributed by atoms with E-state index < -0.39 is 15.6 Å². The highest BCUT2D eigenvalue weighted by atomic mass is 32.2. The Hall–Kier alpha value is -3.17. The Morgan fingerprint density at radius 1 is 0.917 bits per heavy atom. The van der Waals surface area contributed by atoms with Crippen LogP contribution in [0.2, 0.25) is 0 Å². The lowest BCUT2D eigenvalue weighted by Gasteiger charge is -2.37. The Kier molecular flexibility index (Phi) is 6.85. The summed E-state index contributed by atoms with van der Waals surface area (Å²) < 4.78 is 27.4. The molecular weight excluding hydrogens is 470 g/mol. The standard InChI is InChI=1S/C28H31N5O2S/c1-32(18-19-33(2)36(34,35)25-10-4-3-5-11-25)28(15-17-29-21-28)27-30-16-14-26(31-27)24-13-12-22-8-6-7-9-23(22)20-24/h3-14,16,20,29H,15,17-19,21H2,1-2H3/t28-/m1/s1. The SMILES string of the molecule is CN(CCN(C)S(=O)(=O)c1ccccc1)[C@]1(c2nccc(-c3ccc4ccccc4c3)n2)CCNC1. The topological polar surface area (TPSA) is 78.4 Å². The number of hydrogen-bond donors (Lipinski definition) is 1. The van der Waals surface area contributed by atoms with E-state index in [1.54, 1.807) is 31.3 Å². The van der Waals surface area contributed by atoms with Gasteiger partial charge in [0.15, 0.2) is 5.82 Å². The number of benzene rings is 3. The molecular formula is C28H31N5O2S. The van der Waals surface area contributed by atoms with E-state index in [0.717, 1.165) is 30.0 Å². The summed E-state index contributed by atoms with van der Waals surface area (Å²) in [6, 6.07) is 25.2. The summed E-state index contributed by atoms with van der Waals surface area (Å²) in [5.74, 6) is 0.759. The van der Waals surface area contributed by atoms with Gasteiger partial charge >= 0.3 is 0 Å². The van der Waals surface area contributed by atoms with Gasteiger partial charge in [-0.1, -0.05) is 54.6 Å². The van der Waals surface area contributed by atoms with Gasteiger partial charge in [-0.3, -0.25) is 4.90 Å². The maximum atomic E-state index is 13.0. The predicted molar refractivity (Wildman–Crippen MR) is 143 cm³/mol. The van der Waals surface area contributed by atoms with Crippen LogP contribution < -0.4 is 5.32 Å². The van der Waals surface area contributed by atoms with Gasteiger partial charge in [0, 0.05) is 38.4 Å². The summed E-state index contributed by atoms with van der Waals surface area (Å²) in [5.41, 5.74) is 1.52. The van der Waals surface area contributed by atoms with E-state index in [1.807, 2.05) is 37.5 Å². The van der Waals surface area contributed by atoms with Crippen molar-refractivity contribution in [1.29, 1.82) is 0 Å². The van der Waals surface area contributed by atoms with Gasteiger partial charge in [-0.15, -0.1) is 0 Å². The van der Waals surface area contributed by atoms with Crippen molar-refractivity contribution in [3.05, 3.63) is 90.9 Å². The molecule has 7 nitrogen and oxygen atoms in total. The summed E-state index contributed by atoms with van der Waals surface area (Å²) in [5, 5.41) is 5.84. The number of likely N-dealkylation sites (N-methyl/N-ethyl adjacent to an activating group) is 2. The average Bonchev–Trinajstić information content (AvgIpc) is 3.43. The fraction of sp³-hybridized carbons (Fsp3) is 0.286. The van der Waals surface area contributed by atoms with Crippen LogP contribution in [0.3, 0.4) is 0 Å². The number of sulfonamides is 1. The first-order valence-electron chi connectivity index (χ1n) is 12.2. The van der Waals surface area contributed by atoms with Gasteiger partial charge in [0.25, 0.3) is 0 Å². The van der Waals surface area contributed by atoms with E-state index in [0.29, 0.717) is 24.5 Å². The number of nitrogens with one attached hydrogen (secondary N) is 1. The van der Waals surface area contributed by atoms with Crippen LogP contribution in [0.15, 0.2) is 90.0 Å². The van der Waals surface area contributed by atoms with E-state index in [1.165, 1.54) is 15.1 Å². The molecule has 1 aliphatic rings. The molecule has 3 aromatic carbocycles. The highest BCUT2D eigenvalue weighted by Gasteiger charge is 2.42. The average molecular weight is 502 g/mol. The van der Waals surface area contributed by atoms with Crippen molar-refractivity contribution in [3.63, 3.8) is 0 Å². The zero-order chi connectivity index (χ0) is 25.2. The Morgan fingerprint density at radius 2 is 1.67 bits per heavy atom. The maximum Gasteiger partial charge on any atom is 0.242 e. The van der Waals surface area contributed by atoms with Crippen LogP contribution in [0.4, 0.5) is 0 Å². The van der Waals surface area contributed by atoms with Crippen molar-refractivity contribution < 1.29 is 8.42 Å². The molecule has 0 saturated carbocycles. The number of hydrogen-bond acceptors (Lipinski definition) is 6. The Labute approximate surface area is 212 Å². The van der Waals surface area contributed by atoms with Gasteiger partial charge in [0.2, 0.25) is 10.0 Å². The van der Waals surface area contributed by atoms with E-state index in [2.05, 4.69) is 40.5 Å². The van der Waals surface area contributed by atoms with E-state index in [9.17, 15) is 8.42 Å². The molecule has 0 spiro atoms. The van der Waals surface area contributed by atoms with Crippen LogP contribution in [0.5, 0.6) is 0 Å². The van der Waals surface area contributed by atoms with E-state index in [4.69, 9.17) is 9.97 Å². The van der Waals surface area contributed by atoms with Crippen LogP contribution in [0.1, 0.15) is 12.2 Å². The van der Waals surface area contributed by atoms with Crippen LogP contribution >= 0.6 is 0 Å². The molecule has 186 valence electrons. The molecule has 1 fully saturated rings. The van der Waals surface area contributed by atoms with Gasteiger partial charge in [-0.25, -0.2) is 18.4 Å². The molecule has 0 bridgehead atoms. The quantitative estimate of drug-likeness (QED) is 0.396. The molecule has 1 saturated heterocycles. The molecule has 1 N–H and O–H groups in total. The summed E-state index contributed by atoms with van der Waals surface area (Å²) in [6.45, 7) is 2.47. The van der Waals surface area contributed by atoms with Crippen molar-refractivity contribution in [2.45, 2.75) is 16.9 Å². The zero-order valence-electron chi connectivity index (χ0n) is 20.6. The summed E-state index contributed by atoms with van der Waals surface area (Å²) in [4.78, 5) is 12.2. The molecule has 8 heteroatoms. The first-order valence-corrected chi connectivity index (χ1v) is 13.6. The normalized spacial score (nSPS) is 18.3. The van der Waals surface area contributed by atoms with Gasteiger partial charge in [0.05, 0.1) is 16.1 Å². The number of nitrogens with zero attached hydrogens (tertiary/aromatic N) is 4. The van der Waals surface area contributed by atoms with Gasteiger partial charge < -0.3 is 5.32 Å². The third kappa shape index (κ3) is 4.65. The van der Waals surface area contributed by atoms with Crippen molar-refractivity contribution >= 4 is 20.8 Å². The van der Waals surface area contributed by atoms with Crippen molar-refractivity contribution in [2.24, 2.45) is 0 Å². The number of aromatic nitrogens is 2. The molecule has 1 atom stereocenters. The van der Waals surface area contributed by atoms with E-state index >= 15 is 0 Å². The molecule has 0 aliphatic carbocycles. The lowest BCUT2D eigenvalue weighted by molar-refractivity contribution is 0.122. The number of fused-ring (bicyclic) bond motifs is 1. The third-order valence-electron chi connectivity index (χ3n) is 7.18. The van der Waals surface area contributed by atoms with Crippen LogP contribution in [0, 0.1) is 0 Å². The van der Waals surface area contributed by atoms with Gasteiger partial charge in [-0.2, -0.15) is 4.31 Å². The second-order valence-corrected chi connectivity index (χ2v) is 11.4. The van der Waals surface area contributed by atoms with Crippen molar-refractivity contribution in [1.82, 2.24) is 24.5 Å². The fourth-order valence-corrected chi connectivity index (χ4v) is 6.04. The van der Waals surface area contributed by atoms with Crippen LogP contribution in [-0.2, 0) is 15.6 Å². The minimum atomic E-state index is -3.54. The zero-order valence-corrected chi connectivity index (χ0v) is 21.4.